The van der Waals surface area contributed by atoms with Crippen molar-refractivity contribution in [2.75, 3.05) is 13.1 Å². The van der Waals surface area contributed by atoms with Gasteiger partial charge in [0.1, 0.15) is 0 Å². The van der Waals surface area contributed by atoms with Crippen molar-refractivity contribution < 1.29 is 4.79 Å². The van der Waals surface area contributed by atoms with Crippen LogP contribution in [0.1, 0.15) is 23.7 Å². The van der Waals surface area contributed by atoms with E-state index in [4.69, 9.17) is 17.3 Å². The first-order valence-corrected chi connectivity index (χ1v) is 7.44. The number of rotatable bonds is 1. The lowest BCUT2D eigenvalue weighted by molar-refractivity contribution is 0.0663. The van der Waals surface area contributed by atoms with Gasteiger partial charge >= 0.3 is 0 Å². The monoisotopic (exact) mass is 378 g/mol. The maximum Gasteiger partial charge on any atom is 0.254 e. The molecule has 98 valence electrons. The highest BCUT2D eigenvalue weighted by atomic mass is 127. The van der Waals surface area contributed by atoms with Crippen molar-refractivity contribution in [2.45, 2.75) is 19.4 Å². The molecule has 1 amide bonds. The summed E-state index contributed by atoms with van der Waals surface area (Å²) in [7, 11) is 0. The van der Waals surface area contributed by atoms with E-state index in [0.29, 0.717) is 16.5 Å². The number of likely N-dealkylation sites (tertiary alicyclic amines) is 1. The molecule has 0 bridgehead atoms. The maximum atomic E-state index is 12.4. The molecule has 2 atom stereocenters. The van der Waals surface area contributed by atoms with Gasteiger partial charge in [-0.3, -0.25) is 4.79 Å². The van der Waals surface area contributed by atoms with Gasteiger partial charge in [0.2, 0.25) is 0 Å². The lowest BCUT2D eigenvalue weighted by atomic mass is 9.94. The molecule has 3 nitrogen and oxygen atoms in total. The smallest absolute Gasteiger partial charge is 0.254 e. The van der Waals surface area contributed by atoms with Crippen molar-refractivity contribution in [3.05, 3.63) is 32.4 Å². The van der Waals surface area contributed by atoms with E-state index in [2.05, 4.69) is 29.5 Å². The molecular formula is C13H16ClIN2O. The maximum absolute atomic E-state index is 12.4. The first kappa shape index (κ1) is 14.1. The van der Waals surface area contributed by atoms with Crippen LogP contribution in [0.3, 0.4) is 0 Å². The van der Waals surface area contributed by atoms with Gasteiger partial charge in [0, 0.05) is 27.7 Å². The summed E-state index contributed by atoms with van der Waals surface area (Å²) in [5.74, 6) is 0.403. The van der Waals surface area contributed by atoms with Crippen LogP contribution in [0.15, 0.2) is 18.2 Å². The standard InChI is InChI=1S/C13H16ClIN2O/c1-8-7-17(5-4-12(8)16)13(18)10-6-9(14)2-3-11(10)15/h2-3,6,8,12H,4-5,7,16H2,1H3. The molecule has 2 unspecified atom stereocenters. The molecule has 0 radical (unpaired) electrons. The van der Waals surface area contributed by atoms with Crippen molar-refractivity contribution in [2.24, 2.45) is 11.7 Å². The number of halogens is 2. The topological polar surface area (TPSA) is 46.3 Å². The number of nitrogens with two attached hydrogens (primary N) is 1. The van der Waals surface area contributed by atoms with E-state index in [-0.39, 0.29) is 11.9 Å². The SMILES string of the molecule is CC1CN(C(=O)c2cc(Cl)ccc2I)CCC1N. The minimum absolute atomic E-state index is 0.0562. The van der Waals surface area contributed by atoms with E-state index in [1.165, 1.54) is 0 Å². The van der Waals surface area contributed by atoms with Crippen molar-refractivity contribution in [1.29, 1.82) is 0 Å². The number of hydrogen-bond donors (Lipinski definition) is 1. The van der Waals surface area contributed by atoms with Crippen molar-refractivity contribution in [3.8, 4) is 0 Å². The Morgan fingerprint density at radius 2 is 2.28 bits per heavy atom. The van der Waals surface area contributed by atoms with Gasteiger partial charge < -0.3 is 10.6 Å². The summed E-state index contributed by atoms with van der Waals surface area (Å²) in [6.07, 6.45) is 0.865. The molecule has 2 rings (SSSR count). The van der Waals surface area contributed by atoms with Gasteiger partial charge in [0.05, 0.1) is 5.56 Å². The zero-order valence-corrected chi connectivity index (χ0v) is 13.1. The van der Waals surface area contributed by atoms with Gasteiger partial charge in [-0.25, -0.2) is 0 Å². The number of amides is 1. The van der Waals surface area contributed by atoms with E-state index in [9.17, 15) is 4.79 Å². The van der Waals surface area contributed by atoms with Gasteiger partial charge in [-0.1, -0.05) is 18.5 Å². The molecule has 1 aliphatic rings. The van der Waals surface area contributed by atoms with Crippen LogP contribution in [-0.4, -0.2) is 29.9 Å². The second-order valence-corrected chi connectivity index (χ2v) is 6.40. The van der Waals surface area contributed by atoms with Crippen LogP contribution in [0.25, 0.3) is 0 Å². The summed E-state index contributed by atoms with van der Waals surface area (Å²) in [5.41, 5.74) is 6.66. The Bertz CT molecular complexity index is 466. The number of carbonyl (C=O) groups excluding carboxylic acids is 1. The van der Waals surface area contributed by atoms with Gasteiger partial charge in [0.25, 0.3) is 5.91 Å². The van der Waals surface area contributed by atoms with Gasteiger partial charge in [-0.05, 0) is 53.1 Å². The lowest BCUT2D eigenvalue weighted by Gasteiger charge is -2.35. The van der Waals surface area contributed by atoms with E-state index < -0.39 is 0 Å². The van der Waals surface area contributed by atoms with Crippen LogP contribution < -0.4 is 5.73 Å². The average molecular weight is 379 g/mol. The molecule has 0 aliphatic carbocycles. The average Bonchev–Trinajstić information content (AvgIpc) is 2.35. The molecular weight excluding hydrogens is 363 g/mol. The number of nitrogens with zero attached hydrogens (tertiary/aromatic N) is 1. The van der Waals surface area contributed by atoms with Crippen LogP contribution >= 0.6 is 34.2 Å². The summed E-state index contributed by atoms with van der Waals surface area (Å²) in [5, 5.41) is 0.598. The van der Waals surface area contributed by atoms with Crippen LogP contribution in [0.5, 0.6) is 0 Å². The minimum Gasteiger partial charge on any atom is -0.338 e. The van der Waals surface area contributed by atoms with Crippen LogP contribution in [0, 0.1) is 9.49 Å². The van der Waals surface area contributed by atoms with E-state index in [0.717, 1.165) is 23.1 Å². The van der Waals surface area contributed by atoms with Crippen molar-refractivity contribution >= 4 is 40.1 Å². The normalized spacial score (nSPS) is 24.1. The molecule has 1 fully saturated rings. The summed E-state index contributed by atoms with van der Waals surface area (Å²) >= 11 is 8.12. The number of hydrogen-bond acceptors (Lipinski definition) is 2. The Kier molecular flexibility index (Phi) is 4.50. The van der Waals surface area contributed by atoms with Crippen LogP contribution in [-0.2, 0) is 0 Å². The minimum atomic E-state index is 0.0562. The fraction of sp³-hybridized carbons (Fsp3) is 0.462. The van der Waals surface area contributed by atoms with Crippen LogP contribution in [0.4, 0.5) is 0 Å². The Balaban J connectivity index is 2.19. The Hall–Kier alpha value is -0.330. The third-order valence-corrected chi connectivity index (χ3v) is 4.59. The predicted octanol–water partition coefficient (Wildman–Crippen LogP) is 2.75. The lowest BCUT2D eigenvalue weighted by Crippen LogP contribution is -2.48. The number of benzene rings is 1. The zero-order chi connectivity index (χ0) is 13.3. The zero-order valence-electron chi connectivity index (χ0n) is 10.2. The molecule has 5 heteroatoms. The van der Waals surface area contributed by atoms with Gasteiger partial charge in [-0.2, -0.15) is 0 Å². The highest BCUT2D eigenvalue weighted by molar-refractivity contribution is 14.1. The number of carbonyl (C=O) groups is 1. The molecule has 1 saturated heterocycles. The van der Waals surface area contributed by atoms with Crippen molar-refractivity contribution in [1.82, 2.24) is 4.90 Å². The third kappa shape index (κ3) is 2.97. The van der Waals surface area contributed by atoms with E-state index in [1.807, 2.05) is 11.0 Å². The van der Waals surface area contributed by atoms with E-state index >= 15 is 0 Å². The molecule has 1 aliphatic heterocycles. The summed E-state index contributed by atoms with van der Waals surface area (Å²) < 4.78 is 0.935. The summed E-state index contributed by atoms with van der Waals surface area (Å²) in [4.78, 5) is 14.3. The molecule has 1 aromatic carbocycles. The quantitative estimate of drug-likeness (QED) is 0.764. The molecule has 2 N–H and O–H groups in total. The highest BCUT2D eigenvalue weighted by Crippen LogP contribution is 2.22. The van der Waals surface area contributed by atoms with Crippen LogP contribution in [0.2, 0.25) is 5.02 Å². The molecule has 1 aromatic rings. The molecule has 0 spiro atoms. The second-order valence-electron chi connectivity index (χ2n) is 4.81. The molecule has 18 heavy (non-hydrogen) atoms. The Morgan fingerprint density at radius 1 is 1.56 bits per heavy atom. The largest absolute Gasteiger partial charge is 0.338 e. The van der Waals surface area contributed by atoms with E-state index in [1.54, 1.807) is 12.1 Å². The second kappa shape index (κ2) is 5.75. The fourth-order valence-electron chi connectivity index (χ4n) is 2.18. The highest BCUT2D eigenvalue weighted by Gasteiger charge is 2.27. The third-order valence-electron chi connectivity index (χ3n) is 3.42. The molecule has 0 aromatic heterocycles. The Labute approximate surface area is 126 Å². The summed E-state index contributed by atoms with van der Waals surface area (Å²) in [6, 6.07) is 5.61. The first-order chi connectivity index (χ1) is 8.49. The molecule has 1 heterocycles. The summed E-state index contributed by atoms with van der Waals surface area (Å²) in [6.45, 7) is 3.54. The predicted molar refractivity (Wildman–Crippen MR) is 81.8 cm³/mol. The number of piperidine rings is 1. The Morgan fingerprint density at radius 3 is 2.94 bits per heavy atom. The van der Waals surface area contributed by atoms with Crippen molar-refractivity contribution in [3.63, 3.8) is 0 Å². The van der Waals surface area contributed by atoms with Gasteiger partial charge in [-0.15, -0.1) is 0 Å². The first-order valence-electron chi connectivity index (χ1n) is 5.99. The van der Waals surface area contributed by atoms with Gasteiger partial charge in [0.15, 0.2) is 0 Å². The fourth-order valence-corrected chi connectivity index (χ4v) is 2.92. The molecule has 0 saturated carbocycles.